The number of carbonyl (C=O) groups excluding carboxylic acids is 1. The number of pyridine rings is 1. The molecule has 1 aliphatic heterocycles. The molecule has 0 spiro atoms. The molecule has 9 nitrogen and oxygen atoms in total. The van der Waals surface area contributed by atoms with Crippen LogP contribution < -0.4 is 15.5 Å². The Morgan fingerprint density at radius 3 is 2.81 bits per heavy atom. The zero-order chi connectivity index (χ0) is 23.0. The van der Waals surface area contributed by atoms with Crippen molar-refractivity contribution in [3.05, 3.63) is 35.5 Å². The van der Waals surface area contributed by atoms with Crippen LogP contribution in [0.3, 0.4) is 0 Å². The molecule has 0 aromatic carbocycles. The van der Waals surface area contributed by atoms with Gasteiger partial charge in [0.25, 0.3) is 6.43 Å². The van der Waals surface area contributed by atoms with Crippen LogP contribution in [0, 0.1) is 6.92 Å². The summed E-state index contributed by atoms with van der Waals surface area (Å²) in [5.41, 5.74) is 0.832. The summed E-state index contributed by atoms with van der Waals surface area (Å²) < 4.78 is 28.2. The quantitative estimate of drug-likeness (QED) is 0.603. The van der Waals surface area contributed by atoms with Crippen molar-refractivity contribution < 1.29 is 13.6 Å². The van der Waals surface area contributed by atoms with Crippen molar-refractivity contribution in [1.29, 1.82) is 0 Å². The van der Waals surface area contributed by atoms with E-state index in [0.717, 1.165) is 24.2 Å². The van der Waals surface area contributed by atoms with Gasteiger partial charge >= 0.3 is 0 Å². The first-order chi connectivity index (χ1) is 15.2. The Balaban J connectivity index is 1.64. The van der Waals surface area contributed by atoms with Gasteiger partial charge in [-0.2, -0.15) is 5.10 Å². The summed E-state index contributed by atoms with van der Waals surface area (Å²) in [4.78, 5) is 27.0. The molecule has 0 saturated carbocycles. The van der Waals surface area contributed by atoms with E-state index in [1.807, 2.05) is 6.07 Å². The van der Waals surface area contributed by atoms with Crippen LogP contribution in [-0.2, 0) is 11.8 Å². The Labute approximate surface area is 184 Å². The summed E-state index contributed by atoms with van der Waals surface area (Å²) in [5.74, 6) is 1.80. The maximum atomic E-state index is 13.4. The Bertz CT molecular complexity index is 1150. The first kappa shape index (κ1) is 21.8. The van der Waals surface area contributed by atoms with Gasteiger partial charge in [0, 0.05) is 50.2 Å². The van der Waals surface area contributed by atoms with Crippen molar-refractivity contribution in [3.63, 3.8) is 0 Å². The predicted octanol–water partition coefficient (Wildman–Crippen LogP) is 2.89. The summed E-state index contributed by atoms with van der Waals surface area (Å²) in [6.07, 6.45) is 1.45. The summed E-state index contributed by atoms with van der Waals surface area (Å²) in [7, 11) is 1.62. The molecule has 1 unspecified atom stereocenters. The second kappa shape index (κ2) is 8.64. The molecule has 1 amide bonds. The smallest absolute Gasteiger partial charge is 0.282 e. The van der Waals surface area contributed by atoms with Crippen molar-refractivity contribution in [1.82, 2.24) is 30.0 Å². The number of hydrogen-bond acceptors (Lipinski definition) is 7. The van der Waals surface area contributed by atoms with Gasteiger partial charge in [-0.25, -0.2) is 23.7 Å². The number of rotatable bonds is 6. The van der Waals surface area contributed by atoms with Gasteiger partial charge in [0.15, 0.2) is 0 Å². The molecule has 0 bridgehead atoms. The zero-order valence-electron chi connectivity index (χ0n) is 18.4. The summed E-state index contributed by atoms with van der Waals surface area (Å²) in [5, 5.41) is 10.8. The number of nitrogens with one attached hydrogen (secondary N) is 2. The lowest BCUT2D eigenvalue weighted by Crippen LogP contribution is -2.35. The molecule has 11 heteroatoms. The molecule has 1 fully saturated rings. The number of carbonyl (C=O) groups is 1. The Morgan fingerprint density at radius 2 is 2.09 bits per heavy atom. The fraction of sp³-hybridized carbons (Fsp3) is 0.476. The number of aromatic nitrogens is 5. The van der Waals surface area contributed by atoms with Gasteiger partial charge in [-0.05, 0) is 26.3 Å². The number of halogens is 2. The topological polar surface area (TPSA) is 101 Å². The second-order valence-corrected chi connectivity index (χ2v) is 8.12. The Kier molecular flexibility index (Phi) is 5.90. The number of alkyl halides is 2. The molecular weight excluding hydrogens is 418 g/mol. The third kappa shape index (κ3) is 4.46. The van der Waals surface area contributed by atoms with Gasteiger partial charge in [-0.3, -0.25) is 9.48 Å². The number of nitrogens with zero attached hydrogens (tertiary/aromatic N) is 6. The van der Waals surface area contributed by atoms with Gasteiger partial charge in [0.2, 0.25) is 5.91 Å². The lowest BCUT2D eigenvalue weighted by atomic mass is 10.1. The first-order valence-corrected chi connectivity index (χ1v) is 10.5. The Morgan fingerprint density at radius 1 is 1.31 bits per heavy atom. The number of hydrogen-bond donors (Lipinski definition) is 2. The maximum absolute atomic E-state index is 13.4. The highest BCUT2D eigenvalue weighted by Crippen LogP contribution is 2.31. The van der Waals surface area contributed by atoms with Crippen LogP contribution in [0.2, 0.25) is 0 Å². The molecule has 1 saturated heterocycles. The fourth-order valence-electron chi connectivity index (χ4n) is 4.10. The van der Waals surface area contributed by atoms with Gasteiger partial charge < -0.3 is 15.5 Å². The third-order valence-electron chi connectivity index (χ3n) is 5.51. The van der Waals surface area contributed by atoms with Crippen molar-refractivity contribution >= 4 is 28.4 Å². The van der Waals surface area contributed by atoms with E-state index in [-0.39, 0.29) is 17.6 Å². The highest BCUT2D eigenvalue weighted by molar-refractivity contribution is 5.90. The van der Waals surface area contributed by atoms with Crippen molar-refractivity contribution in [2.75, 3.05) is 23.3 Å². The SMILES string of the molecule is CC(=O)N[C@@H]1CCN(c2cc3c(NC(C)c4cn(C)nc4C(F)F)nc(C)nc3cn2)C1. The van der Waals surface area contributed by atoms with Crippen LogP contribution >= 0.6 is 0 Å². The van der Waals surface area contributed by atoms with Crippen LogP contribution in [0.4, 0.5) is 20.4 Å². The van der Waals surface area contributed by atoms with Crippen LogP contribution in [0.25, 0.3) is 10.9 Å². The van der Waals surface area contributed by atoms with Crippen molar-refractivity contribution in [2.24, 2.45) is 7.05 Å². The molecule has 170 valence electrons. The van der Waals surface area contributed by atoms with E-state index in [0.29, 0.717) is 29.3 Å². The Hall–Kier alpha value is -3.37. The van der Waals surface area contributed by atoms with Crippen LogP contribution in [0.5, 0.6) is 0 Å². The number of fused-ring (bicyclic) bond motifs is 1. The minimum atomic E-state index is -2.66. The number of anilines is 2. The largest absolute Gasteiger partial charge is 0.363 e. The molecule has 3 aromatic heterocycles. The zero-order valence-corrected chi connectivity index (χ0v) is 18.4. The van der Waals surface area contributed by atoms with E-state index in [4.69, 9.17) is 0 Å². The molecule has 0 aliphatic carbocycles. The maximum Gasteiger partial charge on any atom is 0.282 e. The molecule has 2 N–H and O–H groups in total. The van der Waals surface area contributed by atoms with Crippen LogP contribution in [0.1, 0.15) is 49.8 Å². The molecule has 4 heterocycles. The van der Waals surface area contributed by atoms with E-state index in [2.05, 4.69) is 35.6 Å². The van der Waals surface area contributed by atoms with Crippen LogP contribution in [-0.4, -0.2) is 49.8 Å². The van der Waals surface area contributed by atoms with Gasteiger partial charge in [-0.1, -0.05) is 0 Å². The molecule has 3 aromatic rings. The van der Waals surface area contributed by atoms with E-state index in [9.17, 15) is 13.6 Å². The van der Waals surface area contributed by atoms with E-state index in [1.54, 1.807) is 33.3 Å². The van der Waals surface area contributed by atoms with Gasteiger partial charge in [-0.15, -0.1) is 0 Å². The average molecular weight is 444 g/mol. The van der Waals surface area contributed by atoms with Gasteiger partial charge in [0.1, 0.15) is 23.2 Å². The predicted molar refractivity (Wildman–Crippen MR) is 117 cm³/mol. The summed E-state index contributed by atoms with van der Waals surface area (Å²) in [6, 6.07) is 1.53. The lowest BCUT2D eigenvalue weighted by molar-refractivity contribution is -0.119. The average Bonchev–Trinajstić information content (AvgIpc) is 3.34. The molecule has 0 radical (unpaired) electrons. The summed E-state index contributed by atoms with van der Waals surface area (Å²) in [6.45, 7) is 6.51. The molecule has 32 heavy (non-hydrogen) atoms. The lowest BCUT2D eigenvalue weighted by Gasteiger charge is -2.20. The number of amides is 1. The second-order valence-electron chi connectivity index (χ2n) is 8.12. The van der Waals surface area contributed by atoms with Gasteiger partial charge in [0.05, 0.1) is 17.8 Å². The fourth-order valence-corrected chi connectivity index (χ4v) is 4.10. The standard InChI is InChI=1S/C21H26F2N8O/c1-11(16-10-30(4)29-19(16)20(22)23)25-21-15-7-18(24-8-17(15)26-12(2)27-21)31-6-5-14(9-31)28-13(3)32/h7-8,10-11,14,20H,5-6,9H2,1-4H3,(H,28,32)(H,25,26,27)/t11?,14-/m1/s1. The molecule has 4 rings (SSSR count). The first-order valence-electron chi connectivity index (χ1n) is 10.5. The van der Waals surface area contributed by atoms with Crippen LogP contribution in [0.15, 0.2) is 18.5 Å². The van der Waals surface area contributed by atoms with E-state index in [1.165, 1.54) is 11.6 Å². The molecular formula is C21H26F2N8O. The molecule has 1 aliphatic rings. The highest BCUT2D eigenvalue weighted by atomic mass is 19.3. The minimum Gasteiger partial charge on any atom is -0.363 e. The number of aryl methyl sites for hydroxylation is 2. The van der Waals surface area contributed by atoms with E-state index >= 15 is 0 Å². The normalized spacial score (nSPS) is 17.2. The monoisotopic (exact) mass is 444 g/mol. The van der Waals surface area contributed by atoms with Crippen molar-refractivity contribution in [3.8, 4) is 0 Å². The minimum absolute atomic E-state index is 0.0498. The summed E-state index contributed by atoms with van der Waals surface area (Å²) >= 11 is 0. The highest BCUT2D eigenvalue weighted by Gasteiger charge is 2.25. The van der Waals surface area contributed by atoms with Crippen molar-refractivity contribution in [2.45, 2.75) is 45.7 Å². The molecule has 2 atom stereocenters. The van der Waals surface area contributed by atoms with E-state index < -0.39 is 12.5 Å². The third-order valence-corrected chi connectivity index (χ3v) is 5.51.